The molecule has 2 fully saturated rings. The maximum absolute atomic E-state index is 13.2. The Hall–Kier alpha value is -2.99. The molecule has 0 heterocycles. The summed E-state index contributed by atoms with van der Waals surface area (Å²) in [5, 5.41) is 0. The van der Waals surface area contributed by atoms with Gasteiger partial charge < -0.3 is 34.2 Å². The van der Waals surface area contributed by atoms with Crippen LogP contribution < -0.4 is 5.73 Å². The number of hydrogen-bond donors (Lipinski definition) is 1. The average molecular weight is 540 g/mol. The molecule has 0 aromatic heterocycles. The first-order valence-electron chi connectivity index (χ1n) is 12.0. The zero-order valence-electron chi connectivity index (χ0n) is 21.4. The lowest BCUT2D eigenvalue weighted by Gasteiger charge is -2.32. The second kappa shape index (κ2) is 12.5. The molecule has 11 nitrogen and oxygen atoms in total. The summed E-state index contributed by atoms with van der Waals surface area (Å²) in [4.78, 5) is 49.6. The maximum atomic E-state index is 13.2. The van der Waals surface area contributed by atoms with Crippen molar-refractivity contribution in [3.8, 4) is 0 Å². The van der Waals surface area contributed by atoms with E-state index in [1.54, 1.807) is 25.6 Å². The van der Waals surface area contributed by atoms with Gasteiger partial charge in [-0.05, 0) is 69.2 Å². The number of thioether (sulfide) groups is 1. The largest absolute Gasteiger partial charge is 0.511 e. The van der Waals surface area contributed by atoms with Gasteiger partial charge in [-0.25, -0.2) is 14.4 Å². The number of carbonyl (C=O) groups excluding carboxylic acids is 4. The molecule has 2 aliphatic carbocycles. The predicted octanol–water partition coefficient (Wildman–Crippen LogP) is 3.32. The van der Waals surface area contributed by atoms with Crippen molar-refractivity contribution in [3.05, 3.63) is 29.3 Å². The van der Waals surface area contributed by atoms with Gasteiger partial charge in [-0.1, -0.05) is 6.07 Å². The Bertz CT molecular complexity index is 1020. The van der Waals surface area contributed by atoms with Crippen molar-refractivity contribution in [1.82, 2.24) is 0 Å². The fraction of sp³-hybridized carbons (Fsp3) is 0.600. The second-order valence-electron chi connectivity index (χ2n) is 8.92. The summed E-state index contributed by atoms with van der Waals surface area (Å²) < 4.78 is 29.0. The molecule has 5 atom stereocenters. The molecule has 1 aromatic rings. The molecule has 0 amide bonds. The first-order valence-corrected chi connectivity index (χ1v) is 13.0. The van der Waals surface area contributed by atoms with Crippen LogP contribution in [-0.2, 0) is 38.0 Å². The monoisotopic (exact) mass is 539 g/mol. The SMILES string of the molecule is CCOC(=O)OCOC(=O)[C@H]1[C@@H]2C[C@@H](CSc3ccc(C)c(C)c3)[C@@](N)(C(=O)OCOC(=O)OCC)[C@@H]21. The fourth-order valence-corrected chi connectivity index (χ4v) is 5.98. The predicted molar refractivity (Wildman–Crippen MR) is 130 cm³/mol. The van der Waals surface area contributed by atoms with E-state index in [0.29, 0.717) is 12.2 Å². The topological polar surface area (TPSA) is 150 Å². The highest BCUT2D eigenvalue weighted by molar-refractivity contribution is 7.99. The average Bonchev–Trinajstić information content (AvgIpc) is 3.50. The number of aryl methyl sites for hydroxylation is 2. The third kappa shape index (κ3) is 6.67. The summed E-state index contributed by atoms with van der Waals surface area (Å²) >= 11 is 1.57. The Labute approximate surface area is 219 Å². The van der Waals surface area contributed by atoms with Crippen LogP contribution in [0.1, 0.15) is 31.4 Å². The van der Waals surface area contributed by atoms with Crippen LogP contribution in [0.15, 0.2) is 23.1 Å². The molecular weight excluding hydrogens is 506 g/mol. The van der Waals surface area contributed by atoms with E-state index in [4.69, 9.17) is 19.9 Å². The van der Waals surface area contributed by atoms with Crippen LogP contribution in [0, 0.1) is 37.5 Å². The Morgan fingerprint density at radius 1 is 0.919 bits per heavy atom. The van der Waals surface area contributed by atoms with Gasteiger partial charge in [0.25, 0.3) is 0 Å². The molecule has 1 aromatic carbocycles. The number of ether oxygens (including phenoxy) is 6. The van der Waals surface area contributed by atoms with Gasteiger partial charge in [0, 0.05) is 16.6 Å². The van der Waals surface area contributed by atoms with Gasteiger partial charge >= 0.3 is 24.2 Å². The summed E-state index contributed by atoms with van der Waals surface area (Å²) in [5.74, 6) is -2.53. The van der Waals surface area contributed by atoms with Crippen LogP contribution in [0.5, 0.6) is 0 Å². The Kier molecular flexibility index (Phi) is 9.66. The van der Waals surface area contributed by atoms with Gasteiger partial charge in [0.15, 0.2) is 0 Å². The highest BCUT2D eigenvalue weighted by atomic mass is 32.2. The van der Waals surface area contributed by atoms with Crippen molar-refractivity contribution in [2.75, 3.05) is 32.6 Å². The van der Waals surface area contributed by atoms with Crippen LogP contribution in [0.25, 0.3) is 0 Å². The van der Waals surface area contributed by atoms with Crippen LogP contribution in [0.2, 0.25) is 0 Å². The zero-order valence-corrected chi connectivity index (χ0v) is 22.2. The van der Waals surface area contributed by atoms with E-state index in [2.05, 4.69) is 20.3 Å². The van der Waals surface area contributed by atoms with E-state index >= 15 is 0 Å². The van der Waals surface area contributed by atoms with E-state index in [1.807, 2.05) is 26.0 Å². The van der Waals surface area contributed by atoms with Crippen LogP contribution in [0.4, 0.5) is 9.59 Å². The third-order valence-corrected chi connectivity index (χ3v) is 7.93. The highest BCUT2D eigenvalue weighted by Crippen LogP contribution is 2.64. The lowest BCUT2D eigenvalue weighted by atomic mass is 9.82. The van der Waals surface area contributed by atoms with E-state index in [0.717, 1.165) is 10.5 Å². The molecule has 0 aliphatic heterocycles. The molecular formula is C25H33NO10S. The number of rotatable bonds is 11. The quantitative estimate of drug-likeness (QED) is 0.190. The molecule has 12 heteroatoms. The molecule has 37 heavy (non-hydrogen) atoms. The zero-order chi connectivity index (χ0) is 27.2. The normalized spacial score (nSPS) is 25.4. The van der Waals surface area contributed by atoms with Crippen molar-refractivity contribution >= 4 is 36.0 Å². The minimum absolute atomic E-state index is 0.110. The molecule has 0 spiro atoms. The number of carbonyl (C=O) groups is 4. The molecule has 2 N–H and O–H groups in total. The first kappa shape index (κ1) is 28.6. The summed E-state index contributed by atoms with van der Waals surface area (Å²) in [5.41, 5.74) is 7.53. The lowest BCUT2D eigenvalue weighted by Crippen LogP contribution is -2.57. The minimum Gasteiger partial charge on any atom is -0.435 e. The van der Waals surface area contributed by atoms with Gasteiger partial charge in [-0.3, -0.25) is 4.79 Å². The molecule has 3 rings (SSSR count). The smallest absolute Gasteiger partial charge is 0.435 e. The molecule has 0 bridgehead atoms. The van der Waals surface area contributed by atoms with E-state index in [-0.39, 0.29) is 25.0 Å². The van der Waals surface area contributed by atoms with Crippen molar-refractivity contribution < 1.29 is 47.6 Å². The van der Waals surface area contributed by atoms with Crippen molar-refractivity contribution in [3.63, 3.8) is 0 Å². The van der Waals surface area contributed by atoms with Gasteiger partial charge in [-0.2, -0.15) is 0 Å². The van der Waals surface area contributed by atoms with Crippen LogP contribution in [-0.4, -0.2) is 62.3 Å². The number of benzene rings is 1. The van der Waals surface area contributed by atoms with Crippen molar-refractivity contribution in [1.29, 1.82) is 0 Å². The van der Waals surface area contributed by atoms with E-state index in [1.165, 1.54) is 5.56 Å². The molecule has 0 radical (unpaired) electrons. The van der Waals surface area contributed by atoms with Crippen LogP contribution >= 0.6 is 11.8 Å². The van der Waals surface area contributed by atoms with E-state index < -0.39 is 55.2 Å². The maximum Gasteiger partial charge on any atom is 0.511 e. The van der Waals surface area contributed by atoms with Crippen molar-refractivity contribution in [2.24, 2.45) is 29.4 Å². The summed E-state index contributed by atoms with van der Waals surface area (Å²) in [7, 11) is 0. The molecule has 0 saturated heterocycles. The number of fused-ring (bicyclic) bond motifs is 1. The van der Waals surface area contributed by atoms with Gasteiger partial charge in [-0.15, -0.1) is 11.8 Å². The van der Waals surface area contributed by atoms with Crippen molar-refractivity contribution in [2.45, 2.75) is 44.6 Å². The fourth-order valence-electron chi connectivity index (χ4n) is 4.75. The third-order valence-electron chi connectivity index (χ3n) is 6.78. The minimum atomic E-state index is -1.50. The van der Waals surface area contributed by atoms with Gasteiger partial charge in [0.05, 0.1) is 19.1 Å². The Balaban J connectivity index is 1.66. The number of nitrogens with two attached hydrogens (primary N) is 1. The molecule has 2 aliphatic rings. The number of esters is 2. The molecule has 2 saturated carbocycles. The lowest BCUT2D eigenvalue weighted by molar-refractivity contribution is -0.163. The molecule has 0 unspecified atom stereocenters. The number of hydrogen-bond acceptors (Lipinski definition) is 12. The molecule has 204 valence electrons. The summed E-state index contributed by atoms with van der Waals surface area (Å²) in [6, 6.07) is 6.12. The Morgan fingerprint density at radius 2 is 1.54 bits per heavy atom. The summed E-state index contributed by atoms with van der Waals surface area (Å²) in [6.07, 6.45) is -1.42. The second-order valence-corrected chi connectivity index (χ2v) is 10.0. The standard InChI is InChI=1S/C25H33NO10S/c1-5-31-23(29)35-12-33-21(27)19-18-10-16(11-37-17-8-7-14(3)15(4)9-17)25(26,20(18)19)22(28)34-13-36-24(30)32-6-2/h7-9,16,18-20H,5-6,10-13,26H2,1-4H3/t16-,18-,19-,20-,25-/m0/s1. The van der Waals surface area contributed by atoms with Gasteiger partial charge in [0.1, 0.15) is 5.54 Å². The summed E-state index contributed by atoms with van der Waals surface area (Å²) in [6.45, 7) is 6.26. The Morgan fingerprint density at radius 3 is 2.14 bits per heavy atom. The highest BCUT2D eigenvalue weighted by Gasteiger charge is 2.74. The van der Waals surface area contributed by atoms with E-state index in [9.17, 15) is 19.2 Å². The van der Waals surface area contributed by atoms with Crippen LogP contribution in [0.3, 0.4) is 0 Å². The van der Waals surface area contributed by atoms with Gasteiger partial charge in [0.2, 0.25) is 13.6 Å². The first-order chi connectivity index (χ1) is 17.6.